The summed E-state index contributed by atoms with van der Waals surface area (Å²) in [7, 11) is 1.69. The molecule has 0 radical (unpaired) electrons. The van der Waals surface area contributed by atoms with E-state index >= 15 is 0 Å². The van der Waals surface area contributed by atoms with E-state index in [9.17, 15) is 19.5 Å². The van der Waals surface area contributed by atoms with Gasteiger partial charge in [0.25, 0.3) is 5.91 Å². The average Bonchev–Trinajstić information content (AvgIpc) is 3.51. The van der Waals surface area contributed by atoms with E-state index in [1.54, 1.807) is 25.4 Å². The molecule has 0 spiro atoms. The van der Waals surface area contributed by atoms with Crippen LogP contribution < -0.4 is 5.32 Å². The standard InChI is InChI=1S/C30H28N4O5/c1-33-17-21(15-31-33)28(29(37)34(18-27(35)36)16-20-9-3-2-4-10-20)32-30(38)39-19-26-24-13-7-5-11-22(24)23-12-6-8-14-25(23)26/h2-15,17,26,28H,16,18-19H2,1H3,(H,32,38)(H,35,36). The second-order valence-corrected chi connectivity index (χ2v) is 9.42. The Kier molecular flexibility index (Phi) is 7.40. The van der Waals surface area contributed by atoms with Gasteiger partial charge in [-0.05, 0) is 27.8 Å². The van der Waals surface area contributed by atoms with Gasteiger partial charge in [-0.15, -0.1) is 0 Å². The van der Waals surface area contributed by atoms with Crippen molar-refractivity contribution in [1.29, 1.82) is 0 Å². The van der Waals surface area contributed by atoms with E-state index in [-0.39, 0.29) is 19.1 Å². The van der Waals surface area contributed by atoms with E-state index in [0.29, 0.717) is 5.56 Å². The smallest absolute Gasteiger partial charge is 0.408 e. The van der Waals surface area contributed by atoms with Crippen LogP contribution in [0.1, 0.15) is 34.2 Å². The lowest BCUT2D eigenvalue weighted by Gasteiger charge is -2.26. The summed E-state index contributed by atoms with van der Waals surface area (Å²) >= 11 is 0. The van der Waals surface area contributed by atoms with E-state index in [4.69, 9.17) is 4.74 Å². The maximum atomic E-state index is 13.7. The quantitative estimate of drug-likeness (QED) is 0.341. The van der Waals surface area contributed by atoms with Crippen molar-refractivity contribution in [2.24, 2.45) is 7.05 Å². The molecule has 0 aliphatic heterocycles. The maximum absolute atomic E-state index is 13.7. The molecule has 9 heteroatoms. The fourth-order valence-electron chi connectivity index (χ4n) is 5.00. The van der Waals surface area contributed by atoms with Crippen molar-refractivity contribution < 1.29 is 24.2 Å². The molecule has 1 atom stereocenters. The molecule has 4 aromatic rings. The predicted octanol–water partition coefficient (Wildman–Crippen LogP) is 4.11. The minimum atomic E-state index is -1.18. The highest BCUT2D eigenvalue weighted by Crippen LogP contribution is 2.44. The molecule has 1 aliphatic rings. The number of aryl methyl sites for hydroxylation is 1. The first-order valence-electron chi connectivity index (χ1n) is 12.5. The summed E-state index contributed by atoms with van der Waals surface area (Å²) in [5.41, 5.74) is 5.54. The van der Waals surface area contributed by atoms with Crippen LogP contribution in [0.3, 0.4) is 0 Å². The summed E-state index contributed by atoms with van der Waals surface area (Å²) in [6, 6.07) is 23.9. The van der Waals surface area contributed by atoms with Gasteiger partial charge in [0.05, 0.1) is 6.20 Å². The van der Waals surface area contributed by atoms with Crippen LogP contribution >= 0.6 is 0 Å². The number of ether oxygens (including phenoxy) is 1. The Hall–Kier alpha value is -4.92. The van der Waals surface area contributed by atoms with Crippen molar-refractivity contribution in [3.05, 3.63) is 114 Å². The van der Waals surface area contributed by atoms with Crippen LogP contribution in [0.25, 0.3) is 11.1 Å². The zero-order valence-corrected chi connectivity index (χ0v) is 21.4. The van der Waals surface area contributed by atoms with Gasteiger partial charge in [-0.2, -0.15) is 5.10 Å². The van der Waals surface area contributed by atoms with E-state index in [0.717, 1.165) is 27.8 Å². The van der Waals surface area contributed by atoms with Crippen molar-refractivity contribution in [3.8, 4) is 11.1 Å². The van der Waals surface area contributed by atoms with Crippen LogP contribution in [0.5, 0.6) is 0 Å². The number of carboxylic acids is 1. The van der Waals surface area contributed by atoms with Crippen molar-refractivity contribution in [3.63, 3.8) is 0 Å². The Morgan fingerprint density at radius 3 is 2.18 bits per heavy atom. The maximum Gasteiger partial charge on any atom is 0.408 e. The number of hydrogen-bond donors (Lipinski definition) is 2. The number of benzene rings is 3. The molecule has 0 saturated carbocycles. The molecule has 1 aliphatic carbocycles. The van der Waals surface area contributed by atoms with Gasteiger partial charge in [0.1, 0.15) is 19.2 Å². The lowest BCUT2D eigenvalue weighted by molar-refractivity contribution is -0.145. The Morgan fingerprint density at radius 2 is 1.59 bits per heavy atom. The molecule has 5 rings (SSSR count). The van der Waals surface area contributed by atoms with Crippen molar-refractivity contribution in [1.82, 2.24) is 20.0 Å². The normalized spacial score (nSPS) is 12.7. The van der Waals surface area contributed by atoms with Crippen LogP contribution in [0.4, 0.5) is 4.79 Å². The Labute approximate surface area is 225 Å². The van der Waals surface area contributed by atoms with Gasteiger partial charge in [-0.1, -0.05) is 78.9 Å². The molecule has 2 amide bonds. The monoisotopic (exact) mass is 524 g/mol. The first kappa shape index (κ1) is 25.7. The zero-order chi connectivity index (χ0) is 27.4. The average molecular weight is 525 g/mol. The first-order chi connectivity index (χ1) is 18.9. The first-order valence-corrected chi connectivity index (χ1v) is 12.5. The molecule has 39 heavy (non-hydrogen) atoms. The number of nitrogens with zero attached hydrogens (tertiary/aromatic N) is 3. The number of rotatable bonds is 9. The van der Waals surface area contributed by atoms with Gasteiger partial charge in [0, 0.05) is 31.3 Å². The molecule has 1 unspecified atom stereocenters. The Bertz CT molecular complexity index is 1450. The topological polar surface area (TPSA) is 114 Å². The highest BCUT2D eigenvalue weighted by Gasteiger charge is 2.32. The fraction of sp³-hybridized carbons (Fsp3) is 0.200. The number of carbonyl (C=O) groups is 3. The van der Waals surface area contributed by atoms with Crippen LogP contribution in [0, 0.1) is 0 Å². The molecule has 2 N–H and O–H groups in total. The van der Waals surface area contributed by atoms with Crippen LogP contribution in [0.15, 0.2) is 91.3 Å². The van der Waals surface area contributed by atoms with E-state index in [2.05, 4.69) is 22.5 Å². The fourth-order valence-corrected chi connectivity index (χ4v) is 5.00. The molecular formula is C30H28N4O5. The lowest BCUT2D eigenvalue weighted by atomic mass is 9.98. The third kappa shape index (κ3) is 5.67. The number of aliphatic carboxylic acids is 1. The van der Waals surface area contributed by atoms with Gasteiger partial charge >= 0.3 is 12.1 Å². The molecule has 1 aromatic heterocycles. The number of amides is 2. The molecule has 1 heterocycles. The number of nitrogens with one attached hydrogen (secondary N) is 1. The number of fused-ring (bicyclic) bond motifs is 3. The highest BCUT2D eigenvalue weighted by molar-refractivity contribution is 5.89. The van der Waals surface area contributed by atoms with Gasteiger partial charge in [-0.3, -0.25) is 14.3 Å². The second kappa shape index (κ2) is 11.2. The highest BCUT2D eigenvalue weighted by atomic mass is 16.5. The Balaban J connectivity index is 1.35. The second-order valence-electron chi connectivity index (χ2n) is 9.42. The summed E-state index contributed by atoms with van der Waals surface area (Å²) in [5, 5.41) is 16.3. The van der Waals surface area contributed by atoms with Gasteiger partial charge in [0.15, 0.2) is 0 Å². The molecule has 0 saturated heterocycles. The van der Waals surface area contributed by atoms with E-state index in [1.165, 1.54) is 15.8 Å². The summed E-state index contributed by atoms with van der Waals surface area (Å²) in [5.74, 6) is -1.88. The summed E-state index contributed by atoms with van der Waals surface area (Å²) in [6.45, 7) is -0.386. The van der Waals surface area contributed by atoms with E-state index < -0.39 is 30.6 Å². The number of carbonyl (C=O) groups excluding carboxylic acids is 2. The van der Waals surface area contributed by atoms with Gasteiger partial charge in [-0.25, -0.2) is 4.79 Å². The van der Waals surface area contributed by atoms with Crippen LogP contribution in [-0.2, 0) is 27.9 Å². The van der Waals surface area contributed by atoms with Crippen molar-refractivity contribution >= 4 is 18.0 Å². The third-order valence-corrected chi connectivity index (χ3v) is 6.77. The number of alkyl carbamates (subject to hydrolysis) is 1. The summed E-state index contributed by atoms with van der Waals surface area (Å²) in [4.78, 5) is 39.6. The summed E-state index contributed by atoms with van der Waals surface area (Å²) < 4.78 is 7.17. The predicted molar refractivity (Wildman–Crippen MR) is 144 cm³/mol. The molecular weight excluding hydrogens is 496 g/mol. The minimum Gasteiger partial charge on any atom is -0.480 e. The molecule has 9 nitrogen and oxygen atoms in total. The van der Waals surface area contributed by atoms with Gasteiger partial charge < -0.3 is 20.1 Å². The minimum absolute atomic E-state index is 0.0646. The molecule has 3 aromatic carbocycles. The van der Waals surface area contributed by atoms with Gasteiger partial charge in [0.2, 0.25) is 0 Å². The van der Waals surface area contributed by atoms with Crippen LogP contribution in [-0.4, -0.2) is 50.9 Å². The van der Waals surface area contributed by atoms with E-state index in [1.807, 2.05) is 54.6 Å². The van der Waals surface area contributed by atoms with Crippen molar-refractivity contribution in [2.45, 2.75) is 18.5 Å². The number of hydrogen-bond acceptors (Lipinski definition) is 5. The Morgan fingerprint density at radius 1 is 0.974 bits per heavy atom. The zero-order valence-electron chi connectivity index (χ0n) is 21.4. The molecule has 0 fully saturated rings. The lowest BCUT2D eigenvalue weighted by Crippen LogP contribution is -2.44. The van der Waals surface area contributed by atoms with Crippen LogP contribution in [0.2, 0.25) is 0 Å². The largest absolute Gasteiger partial charge is 0.480 e. The number of aromatic nitrogens is 2. The SMILES string of the molecule is Cn1cc(C(NC(=O)OCC2c3ccccc3-c3ccccc32)C(=O)N(CC(=O)O)Cc2ccccc2)cn1. The number of carboxylic acid groups (broad SMARTS) is 1. The van der Waals surface area contributed by atoms with Crippen molar-refractivity contribution in [2.75, 3.05) is 13.2 Å². The summed E-state index contributed by atoms with van der Waals surface area (Å²) in [6.07, 6.45) is 2.29. The molecule has 198 valence electrons. The third-order valence-electron chi connectivity index (χ3n) is 6.77. The molecule has 0 bridgehead atoms.